The lowest BCUT2D eigenvalue weighted by atomic mass is 10.3. The normalized spacial score (nSPS) is 9.95. The van der Waals surface area contributed by atoms with E-state index in [0.717, 1.165) is 17.2 Å². The first-order valence-electron chi connectivity index (χ1n) is 6.09. The van der Waals surface area contributed by atoms with Gasteiger partial charge in [0.15, 0.2) is 0 Å². The van der Waals surface area contributed by atoms with Crippen molar-refractivity contribution in [2.45, 2.75) is 13.5 Å². The molecule has 22 heavy (non-hydrogen) atoms. The summed E-state index contributed by atoms with van der Waals surface area (Å²) in [4.78, 5) is 8.55. The molecule has 8 heteroatoms. The van der Waals surface area contributed by atoms with Crippen molar-refractivity contribution in [1.29, 1.82) is 0 Å². The Balaban J connectivity index is 0.00000121. The van der Waals surface area contributed by atoms with Crippen LogP contribution >= 0.6 is 40.7 Å². The Bertz CT molecular complexity index is 757. The molecule has 0 spiro atoms. The van der Waals surface area contributed by atoms with Gasteiger partial charge in [0.25, 0.3) is 0 Å². The molecule has 2 heterocycles. The van der Waals surface area contributed by atoms with Crippen LogP contribution in [-0.2, 0) is 6.54 Å². The summed E-state index contributed by atoms with van der Waals surface area (Å²) < 4.78 is 17.6. The second-order valence-corrected chi connectivity index (χ2v) is 5.33. The van der Waals surface area contributed by atoms with Crippen LogP contribution in [0.15, 0.2) is 47.6 Å². The highest BCUT2D eigenvalue weighted by Crippen LogP contribution is 2.19. The highest BCUT2D eigenvalue weighted by Gasteiger charge is 2.05. The molecule has 0 aliphatic heterocycles. The first-order valence-corrected chi connectivity index (χ1v) is 6.89. The summed E-state index contributed by atoms with van der Waals surface area (Å²) in [7, 11) is 0. The lowest BCUT2D eigenvalue weighted by molar-refractivity contribution is 0.620. The van der Waals surface area contributed by atoms with E-state index >= 15 is 0 Å². The van der Waals surface area contributed by atoms with Gasteiger partial charge in [0.2, 0.25) is 0 Å². The molecule has 1 aromatic carbocycles. The average molecular weight is 408 g/mol. The summed E-state index contributed by atoms with van der Waals surface area (Å²) in [6, 6.07) is 4.87. The maximum absolute atomic E-state index is 13.2. The van der Waals surface area contributed by atoms with Crippen molar-refractivity contribution in [2.75, 3.05) is 0 Å². The van der Waals surface area contributed by atoms with E-state index in [-0.39, 0.29) is 30.6 Å². The molecule has 118 valence electrons. The van der Waals surface area contributed by atoms with Gasteiger partial charge in [-0.15, -0.1) is 24.8 Å². The molecule has 0 bridgehead atoms. The summed E-state index contributed by atoms with van der Waals surface area (Å²) in [5.74, 6) is 0.673. The van der Waals surface area contributed by atoms with Gasteiger partial charge in [0, 0.05) is 24.3 Å². The third-order valence-electron chi connectivity index (χ3n) is 3.09. The number of hydrogen-bond donors (Lipinski definition) is 0. The molecule has 0 fully saturated rings. The summed E-state index contributed by atoms with van der Waals surface area (Å²) >= 11 is 3.19. The summed E-state index contributed by atoms with van der Waals surface area (Å²) in [5.41, 5.74) is 1.78. The van der Waals surface area contributed by atoms with Crippen LogP contribution in [0.4, 0.5) is 4.39 Å². The maximum Gasteiger partial charge on any atom is 0.137 e. The molecule has 0 amide bonds. The van der Waals surface area contributed by atoms with E-state index in [4.69, 9.17) is 0 Å². The Morgan fingerprint density at radius 2 is 2.00 bits per heavy atom. The number of nitrogens with zero attached hydrogens (tertiary/aromatic N) is 4. The zero-order valence-electron chi connectivity index (χ0n) is 11.6. The van der Waals surface area contributed by atoms with Crippen molar-refractivity contribution in [3.63, 3.8) is 0 Å². The predicted octanol–water partition coefficient (Wildman–Crippen LogP) is 4.17. The van der Waals surface area contributed by atoms with E-state index < -0.39 is 0 Å². The van der Waals surface area contributed by atoms with Crippen molar-refractivity contribution < 1.29 is 4.39 Å². The highest BCUT2D eigenvalue weighted by molar-refractivity contribution is 9.10. The third-order valence-corrected chi connectivity index (χ3v) is 3.70. The molecular weight excluding hydrogens is 394 g/mol. The molecule has 3 aromatic rings. The van der Waals surface area contributed by atoms with Gasteiger partial charge in [0.1, 0.15) is 11.6 Å². The van der Waals surface area contributed by atoms with E-state index in [1.54, 1.807) is 24.7 Å². The molecule has 0 radical (unpaired) electrons. The van der Waals surface area contributed by atoms with Gasteiger partial charge < -0.3 is 9.13 Å². The van der Waals surface area contributed by atoms with E-state index in [2.05, 4.69) is 25.9 Å². The monoisotopic (exact) mass is 406 g/mol. The number of benzene rings is 1. The summed E-state index contributed by atoms with van der Waals surface area (Å²) in [6.07, 6.45) is 7.34. The number of hydrogen-bond acceptors (Lipinski definition) is 2. The van der Waals surface area contributed by atoms with E-state index in [0.29, 0.717) is 11.0 Å². The first kappa shape index (κ1) is 18.7. The van der Waals surface area contributed by atoms with Gasteiger partial charge in [0.05, 0.1) is 23.0 Å². The van der Waals surface area contributed by atoms with Crippen LogP contribution in [0.2, 0.25) is 0 Å². The largest absolute Gasteiger partial charge is 0.329 e. The predicted molar refractivity (Wildman–Crippen MR) is 91.8 cm³/mol. The molecule has 0 N–H and O–H groups in total. The van der Waals surface area contributed by atoms with Crippen LogP contribution < -0.4 is 0 Å². The fraction of sp³-hybridized carbons (Fsp3) is 0.143. The second kappa shape index (κ2) is 7.76. The standard InChI is InChI=1S/C14H12BrFN4.2ClH/c1-10-17-4-5-19(10)7-11-8-20(9-18-11)12-2-3-14(16)13(15)6-12;;/h2-6,8-9H,7H2,1H3;2*1H. The zero-order valence-corrected chi connectivity index (χ0v) is 14.8. The SMILES string of the molecule is Cc1nccn1Cc1cn(-c2ccc(F)c(Br)c2)cn1.Cl.Cl. The average Bonchev–Trinajstić information content (AvgIpc) is 3.04. The Morgan fingerprint density at radius 1 is 1.23 bits per heavy atom. The van der Waals surface area contributed by atoms with Crippen LogP contribution in [0.1, 0.15) is 11.5 Å². The molecule has 0 aliphatic rings. The Hall–Kier alpha value is -1.37. The number of aryl methyl sites for hydroxylation is 1. The molecular formula is C14H14BrCl2FN4. The number of aromatic nitrogens is 4. The van der Waals surface area contributed by atoms with Gasteiger partial charge in [-0.1, -0.05) is 0 Å². The minimum absolute atomic E-state index is 0. The summed E-state index contributed by atoms with van der Waals surface area (Å²) in [6.45, 7) is 2.62. The van der Waals surface area contributed by atoms with E-state index in [1.165, 1.54) is 6.07 Å². The van der Waals surface area contributed by atoms with Crippen molar-refractivity contribution in [2.24, 2.45) is 0 Å². The van der Waals surface area contributed by atoms with Crippen molar-refractivity contribution in [1.82, 2.24) is 19.1 Å². The van der Waals surface area contributed by atoms with Gasteiger partial charge in [-0.25, -0.2) is 14.4 Å². The first-order chi connectivity index (χ1) is 9.63. The van der Waals surface area contributed by atoms with E-state index in [1.807, 2.05) is 28.5 Å². The minimum Gasteiger partial charge on any atom is -0.329 e. The van der Waals surface area contributed by atoms with Crippen LogP contribution in [0.3, 0.4) is 0 Å². The Morgan fingerprint density at radius 3 is 2.64 bits per heavy atom. The fourth-order valence-corrected chi connectivity index (χ4v) is 2.34. The second-order valence-electron chi connectivity index (χ2n) is 4.47. The smallest absolute Gasteiger partial charge is 0.137 e. The van der Waals surface area contributed by atoms with Gasteiger partial charge in [-0.3, -0.25) is 0 Å². The minimum atomic E-state index is -0.275. The zero-order chi connectivity index (χ0) is 14.1. The molecule has 0 unspecified atom stereocenters. The highest BCUT2D eigenvalue weighted by atomic mass is 79.9. The maximum atomic E-state index is 13.2. The van der Waals surface area contributed by atoms with Crippen LogP contribution in [0.5, 0.6) is 0 Å². The van der Waals surface area contributed by atoms with Gasteiger partial charge in [-0.05, 0) is 41.1 Å². The molecule has 2 aromatic heterocycles. The van der Waals surface area contributed by atoms with E-state index in [9.17, 15) is 4.39 Å². The number of rotatable bonds is 3. The van der Waals surface area contributed by atoms with Crippen LogP contribution in [-0.4, -0.2) is 19.1 Å². The number of halogens is 4. The molecule has 0 aliphatic carbocycles. The van der Waals surface area contributed by atoms with Gasteiger partial charge >= 0.3 is 0 Å². The molecule has 0 atom stereocenters. The quantitative estimate of drug-likeness (QED) is 0.653. The van der Waals surface area contributed by atoms with Crippen molar-refractivity contribution >= 4 is 40.7 Å². The lowest BCUT2D eigenvalue weighted by Crippen LogP contribution is -2.00. The van der Waals surface area contributed by atoms with Crippen LogP contribution in [0.25, 0.3) is 5.69 Å². The molecule has 4 nitrogen and oxygen atoms in total. The topological polar surface area (TPSA) is 35.6 Å². The van der Waals surface area contributed by atoms with Crippen LogP contribution in [0, 0.1) is 12.7 Å². The van der Waals surface area contributed by atoms with Gasteiger partial charge in [-0.2, -0.15) is 0 Å². The molecule has 0 saturated heterocycles. The van der Waals surface area contributed by atoms with Crippen molar-refractivity contribution in [3.05, 3.63) is 64.9 Å². The summed E-state index contributed by atoms with van der Waals surface area (Å²) in [5, 5.41) is 0. The molecule has 3 rings (SSSR count). The Kier molecular flexibility index (Phi) is 6.59. The Labute approximate surface area is 148 Å². The lowest BCUT2D eigenvalue weighted by Gasteiger charge is -2.03. The number of imidazole rings is 2. The third kappa shape index (κ3) is 3.88. The van der Waals surface area contributed by atoms with Crippen molar-refractivity contribution in [3.8, 4) is 5.69 Å². The molecule has 0 saturated carbocycles. The fourth-order valence-electron chi connectivity index (χ4n) is 1.98.